The van der Waals surface area contributed by atoms with Gasteiger partial charge in [-0.05, 0) is 43.4 Å². The van der Waals surface area contributed by atoms with Gasteiger partial charge in [-0.15, -0.1) is 0 Å². The first-order valence-corrected chi connectivity index (χ1v) is 5.35. The SMILES string of the molecule is CCCCC1CCC2(CC2)C1. The highest BCUT2D eigenvalue weighted by atomic mass is 14.5. The van der Waals surface area contributed by atoms with E-state index in [9.17, 15) is 0 Å². The molecule has 0 aliphatic heterocycles. The fourth-order valence-corrected chi connectivity index (χ4v) is 2.70. The van der Waals surface area contributed by atoms with Crippen molar-refractivity contribution in [1.82, 2.24) is 0 Å². The summed E-state index contributed by atoms with van der Waals surface area (Å²) in [5, 5.41) is 0. The average Bonchev–Trinajstić information content (AvgIpc) is 2.61. The van der Waals surface area contributed by atoms with E-state index in [2.05, 4.69) is 6.92 Å². The van der Waals surface area contributed by atoms with Gasteiger partial charge in [-0.25, -0.2) is 0 Å². The highest BCUT2D eigenvalue weighted by molar-refractivity contribution is 4.99. The van der Waals surface area contributed by atoms with Crippen LogP contribution in [0, 0.1) is 11.3 Å². The van der Waals surface area contributed by atoms with E-state index in [0.717, 1.165) is 11.3 Å². The standard InChI is InChI=1S/C11H20/c1-2-3-4-10-5-6-11(9-10)7-8-11/h10H,2-9H2,1H3. The Morgan fingerprint density at radius 3 is 2.64 bits per heavy atom. The molecule has 0 bridgehead atoms. The second kappa shape index (κ2) is 2.80. The van der Waals surface area contributed by atoms with Gasteiger partial charge >= 0.3 is 0 Å². The summed E-state index contributed by atoms with van der Waals surface area (Å²) in [6.45, 7) is 2.31. The van der Waals surface area contributed by atoms with Crippen LogP contribution in [0.15, 0.2) is 0 Å². The molecule has 0 amide bonds. The first kappa shape index (κ1) is 7.64. The highest BCUT2D eigenvalue weighted by Crippen LogP contribution is 2.60. The van der Waals surface area contributed by atoms with E-state index in [-0.39, 0.29) is 0 Å². The predicted molar refractivity (Wildman–Crippen MR) is 48.5 cm³/mol. The van der Waals surface area contributed by atoms with Gasteiger partial charge in [0, 0.05) is 0 Å². The van der Waals surface area contributed by atoms with Gasteiger partial charge in [0.1, 0.15) is 0 Å². The molecular weight excluding hydrogens is 132 g/mol. The van der Waals surface area contributed by atoms with Crippen molar-refractivity contribution in [3.8, 4) is 0 Å². The minimum absolute atomic E-state index is 0.915. The monoisotopic (exact) mass is 152 g/mol. The lowest BCUT2D eigenvalue weighted by molar-refractivity contribution is 0.441. The van der Waals surface area contributed by atoms with Crippen molar-refractivity contribution < 1.29 is 0 Å². The summed E-state index contributed by atoms with van der Waals surface area (Å²) in [4.78, 5) is 0. The van der Waals surface area contributed by atoms with Crippen molar-refractivity contribution in [2.45, 2.75) is 58.3 Å². The van der Waals surface area contributed by atoms with E-state index in [1.807, 2.05) is 0 Å². The Labute approximate surface area is 70.4 Å². The first-order valence-electron chi connectivity index (χ1n) is 5.35. The number of rotatable bonds is 3. The van der Waals surface area contributed by atoms with Gasteiger partial charge in [0.15, 0.2) is 0 Å². The Hall–Kier alpha value is 0. The van der Waals surface area contributed by atoms with Crippen LogP contribution in [0.2, 0.25) is 0 Å². The average molecular weight is 152 g/mol. The molecule has 0 nitrogen and oxygen atoms in total. The van der Waals surface area contributed by atoms with Crippen molar-refractivity contribution >= 4 is 0 Å². The zero-order chi connectivity index (χ0) is 7.73. The molecule has 0 saturated heterocycles. The molecule has 11 heavy (non-hydrogen) atoms. The normalized spacial score (nSPS) is 33.0. The van der Waals surface area contributed by atoms with Gasteiger partial charge in [0.2, 0.25) is 0 Å². The fourth-order valence-electron chi connectivity index (χ4n) is 2.70. The smallest absolute Gasteiger partial charge is 0.0294 e. The zero-order valence-corrected chi connectivity index (χ0v) is 7.73. The van der Waals surface area contributed by atoms with Crippen LogP contribution in [0.5, 0.6) is 0 Å². The van der Waals surface area contributed by atoms with E-state index in [1.54, 1.807) is 32.1 Å². The van der Waals surface area contributed by atoms with Gasteiger partial charge in [-0.3, -0.25) is 0 Å². The Morgan fingerprint density at radius 2 is 2.09 bits per heavy atom. The summed E-state index contributed by atoms with van der Waals surface area (Å²) in [5.41, 5.74) is 0.915. The maximum atomic E-state index is 2.31. The van der Waals surface area contributed by atoms with Crippen LogP contribution in [-0.4, -0.2) is 0 Å². The van der Waals surface area contributed by atoms with E-state index >= 15 is 0 Å². The maximum absolute atomic E-state index is 2.31. The minimum atomic E-state index is 0.915. The van der Waals surface area contributed by atoms with Crippen LogP contribution in [0.1, 0.15) is 58.3 Å². The maximum Gasteiger partial charge on any atom is -0.0294 e. The molecule has 1 unspecified atom stereocenters. The van der Waals surface area contributed by atoms with E-state index in [4.69, 9.17) is 0 Å². The number of hydrogen-bond donors (Lipinski definition) is 0. The Balaban J connectivity index is 1.72. The molecule has 64 valence electrons. The first-order chi connectivity index (χ1) is 5.35. The quantitative estimate of drug-likeness (QED) is 0.577. The summed E-state index contributed by atoms with van der Waals surface area (Å²) < 4.78 is 0. The third-order valence-corrected chi connectivity index (χ3v) is 3.73. The second-order valence-corrected chi connectivity index (χ2v) is 4.75. The molecule has 0 heterocycles. The molecule has 0 N–H and O–H groups in total. The van der Waals surface area contributed by atoms with Gasteiger partial charge in [-0.2, -0.15) is 0 Å². The lowest BCUT2D eigenvalue weighted by Gasteiger charge is -2.08. The second-order valence-electron chi connectivity index (χ2n) is 4.75. The number of unbranched alkanes of at least 4 members (excludes halogenated alkanes) is 1. The van der Waals surface area contributed by atoms with Gasteiger partial charge in [0.25, 0.3) is 0 Å². The molecule has 2 saturated carbocycles. The molecule has 2 aliphatic carbocycles. The largest absolute Gasteiger partial charge is 0.0654 e. The van der Waals surface area contributed by atoms with Gasteiger partial charge in [0.05, 0.1) is 0 Å². The summed E-state index contributed by atoms with van der Waals surface area (Å²) in [6, 6.07) is 0. The Kier molecular flexibility index (Phi) is 1.95. The van der Waals surface area contributed by atoms with Crippen molar-refractivity contribution in [2.75, 3.05) is 0 Å². The highest BCUT2D eigenvalue weighted by Gasteiger charge is 2.47. The van der Waals surface area contributed by atoms with Crippen LogP contribution < -0.4 is 0 Å². The molecule has 0 aromatic carbocycles. The van der Waals surface area contributed by atoms with Crippen molar-refractivity contribution in [3.05, 3.63) is 0 Å². The third-order valence-electron chi connectivity index (χ3n) is 3.73. The molecule has 0 aromatic rings. The molecule has 1 spiro atoms. The van der Waals surface area contributed by atoms with Crippen molar-refractivity contribution in [1.29, 1.82) is 0 Å². The summed E-state index contributed by atoms with van der Waals surface area (Å²) >= 11 is 0. The van der Waals surface area contributed by atoms with Crippen LogP contribution in [0.3, 0.4) is 0 Å². The van der Waals surface area contributed by atoms with Gasteiger partial charge in [-0.1, -0.05) is 26.2 Å². The van der Waals surface area contributed by atoms with Crippen molar-refractivity contribution in [2.24, 2.45) is 11.3 Å². The lowest BCUT2D eigenvalue weighted by Crippen LogP contribution is -1.95. The molecule has 2 aliphatic rings. The fraction of sp³-hybridized carbons (Fsp3) is 1.00. The summed E-state index contributed by atoms with van der Waals surface area (Å²) in [7, 11) is 0. The molecule has 1 atom stereocenters. The predicted octanol–water partition coefficient (Wildman–Crippen LogP) is 3.76. The Bertz CT molecular complexity index is 133. The van der Waals surface area contributed by atoms with Gasteiger partial charge < -0.3 is 0 Å². The van der Waals surface area contributed by atoms with Crippen LogP contribution in [0.25, 0.3) is 0 Å². The molecule has 0 heteroatoms. The van der Waals surface area contributed by atoms with Crippen molar-refractivity contribution in [3.63, 3.8) is 0 Å². The van der Waals surface area contributed by atoms with E-state index in [1.165, 1.54) is 19.3 Å². The summed E-state index contributed by atoms with van der Waals surface area (Å²) in [5.74, 6) is 1.12. The Morgan fingerprint density at radius 1 is 1.27 bits per heavy atom. The molecule has 2 fully saturated rings. The third kappa shape index (κ3) is 1.60. The minimum Gasteiger partial charge on any atom is -0.0654 e. The van der Waals surface area contributed by atoms with Crippen LogP contribution in [-0.2, 0) is 0 Å². The van der Waals surface area contributed by atoms with Crippen LogP contribution in [0.4, 0.5) is 0 Å². The molecule has 2 rings (SSSR count). The lowest BCUT2D eigenvalue weighted by atomic mass is 9.98. The zero-order valence-electron chi connectivity index (χ0n) is 7.73. The topological polar surface area (TPSA) is 0 Å². The molecule has 0 radical (unpaired) electrons. The number of hydrogen-bond acceptors (Lipinski definition) is 0. The van der Waals surface area contributed by atoms with Crippen LogP contribution >= 0.6 is 0 Å². The van der Waals surface area contributed by atoms with E-state index in [0.29, 0.717) is 0 Å². The van der Waals surface area contributed by atoms with E-state index < -0.39 is 0 Å². The summed E-state index contributed by atoms with van der Waals surface area (Å²) in [6.07, 6.45) is 12.2. The molecular formula is C11H20. The molecule has 0 aromatic heterocycles.